The first-order chi connectivity index (χ1) is 18.4. The highest BCUT2D eigenvalue weighted by molar-refractivity contribution is 6.46. The number of hydrogen-bond donors (Lipinski definition) is 1. The summed E-state index contributed by atoms with van der Waals surface area (Å²) in [6, 6.07) is 19.2. The van der Waals surface area contributed by atoms with E-state index in [0.29, 0.717) is 30.1 Å². The van der Waals surface area contributed by atoms with Crippen molar-refractivity contribution in [3.05, 3.63) is 101 Å². The lowest BCUT2D eigenvalue weighted by atomic mass is 9.94. The van der Waals surface area contributed by atoms with Crippen LogP contribution >= 0.6 is 0 Å². The highest BCUT2D eigenvalue weighted by Gasteiger charge is 2.46. The minimum absolute atomic E-state index is 0.0478. The Morgan fingerprint density at radius 2 is 1.71 bits per heavy atom. The zero-order valence-electron chi connectivity index (χ0n) is 21.7. The smallest absolute Gasteiger partial charge is 0.295 e. The van der Waals surface area contributed by atoms with Crippen molar-refractivity contribution in [3.8, 4) is 11.5 Å². The number of aliphatic hydroxyl groups excluding tert-OH is 1. The summed E-state index contributed by atoms with van der Waals surface area (Å²) in [7, 11) is 1.53. The van der Waals surface area contributed by atoms with Crippen molar-refractivity contribution in [2.24, 2.45) is 0 Å². The Hall–Kier alpha value is -4.13. The van der Waals surface area contributed by atoms with Crippen molar-refractivity contribution in [1.29, 1.82) is 0 Å². The van der Waals surface area contributed by atoms with Crippen LogP contribution in [0.1, 0.15) is 48.9 Å². The number of carbonyl (C=O) groups excluding carboxylic acids is 2. The Bertz CT molecular complexity index is 1300. The van der Waals surface area contributed by atoms with Crippen LogP contribution in [0.3, 0.4) is 0 Å². The molecule has 6 nitrogen and oxygen atoms in total. The molecule has 0 bridgehead atoms. The van der Waals surface area contributed by atoms with Crippen molar-refractivity contribution < 1.29 is 28.6 Å². The summed E-state index contributed by atoms with van der Waals surface area (Å²) in [6.07, 6.45) is 3.57. The third kappa shape index (κ3) is 5.88. The molecule has 0 aromatic heterocycles. The standard InChI is InChI=1S/C31H32FNO5/c1-3-4-8-19-38-25-16-13-23(20-26(25)37-2)28-27(29(34)22-11-14-24(32)15-12-22)30(35)31(36)33(28)18-17-21-9-6-5-7-10-21/h5-7,9-16,20,28,34H,3-4,8,17-19H2,1-2H3/b29-27+. The van der Waals surface area contributed by atoms with Crippen LogP contribution < -0.4 is 9.47 Å². The van der Waals surface area contributed by atoms with Gasteiger partial charge in [-0.2, -0.15) is 0 Å². The molecular weight excluding hydrogens is 485 g/mol. The molecule has 198 valence electrons. The average Bonchev–Trinajstić information content (AvgIpc) is 3.19. The minimum atomic E-state index is -0.855. The van der Waals surface area contributed by atoms with Crippen LogP contribution in [0.15, 0.2) is 78.4 Å². The molecule has 3 aromatic rings. The molecule has 1 atom stereocenters. The predicted octanol–water partition coefficient (Wildman–Crippen LogP) is 6.07. The van der Waals surface area contributed by atoms with Crippen LogP contribution in [0, 0.1) is 5.82 Å². The number of Topliss-reactive ketones (excluding diaryl/α,β-unsaturated/α-hetero) is 1. The summed E-state index contributed by atoms with van der Waals surface area (Å²) in [5, 5.41) is 11.2. The van der Waals surface area contributed by atoms with Crippen molar-refractivity contribution in [2.75, 3.05) is 20.3 Å². The van der Waals surface area contributed by atoms with Gasteiger partial charge in [-0.15, -0.1) is 0 Å². The van der Waals surface area contributed by atoms with Crippen LogP contribution in [-0.4, -0.2) is 42.0 Å². The van der Waals surface area contributed by atoms with Gasteiger partial charge in [0.25, 0.3) is 11.7 Å². The number of aliphatic hydroxyl groups is 1. The lowest BCUT2D eigenvalue weighted by Gasteiger charge is -2.26. The van der Waals surface area contributed by atoms with Gasteiger partial charge in [0.2, 0.25) is 0 Å². The van der Waals surface area contributed by atoms with E-state index in [1.807, 2.05) is 30.3 Å². The van der Waals surface area contributed by atoms with E-state index in [0.717, 1.165) is 24.8 Å². The maximum atomic E-state index is 13.5. The van der Waals surface area contributed by atoms with Gasteiger partial charge in [0, 0.05) is 12.1 Å². The first-order valence-electron chi connectivity index (χ1n) is 12.8. The number of rotatable bonds is 11. The number of methoxy groups -OCH3 is 1. The van der Waals surface area contributed by atoms with Crippen molar-refractivity contribution in [1.82, 2.24) is 4.90 Å². The fourth-order valence-corrected chi connectivity index (χ4v) is 4.62. The number of hydrogen-bond acceptors (Lipinski definition) is 5. The van der Waals surface area contributed by atoms with E-state index in [1.54, 1.807) is 18.2 Å². The van der Waals surface area contributed by atoms with Gasteiger partial charge in [0.1, 0.15) is 11.6 Å². The van der Waals surface area contributed by atoms with Crippen molar-refractivity contribution in [2.45, 2.75) is 38.6 Å². The molecule has 1 amide bonds. The van der Waals surface area contributed by atoms with Gasteiger partial charge in [-0.3, -0.25) is 9.59 Å². The maximum Gasteiger partial charge on any atom is 0.295 e. The zero-order chi connectivity index (χ0) is 27.1. The highest BCUT2D eigenvalue weighted by Crippen LogP contribution is 2.42. The molecule has 1 aliphatic heterocycles. The number of nitrogens with zero attached hydrogens (tertiary/aromatic N) is 1. The Morgan fingerprint density at radius 1 is 0.974 bits per heavy atom. The van der Waals surface area contributed by atoms with Crippen LogP contribution in [0.5, 0.6) is 11.5 Å². The Morgan fingerprint density at radius 3 is 2.39 bits per heavy atom. The molecule has 7 heteroatoms. The normalized spacial score (nSPS) is 16.6. The van der Waals surface area contributed by atoms with E-state index < -0.39 is 23.5 Å². The third-order valence-corrected chi connectivity index (χ3v) is 6.65. The molecule has 0 aliphatic carbocycles. The van der Waals surface area contributed by atoms with Crippen LogP contribution in [0.4, 0.5) is 4.39 Å². The monoisotopic (exact) mass is 517 g/mol. The highest BCUT2D eigenvalue weighted by atomic mass is 19.1. The average molecular weight is 518 g/mol. The lowest BCUT2D eigenvalue weighted by Crippen LogP contribution is -2.31. The summed E-state index contributed by atoms with van der Waals surface area (Å²) in [4.78, 5) is 28.0. The number of benzene rings is 3. The summed E-state index contributed by atoms with van der Waals surface area (Å²) < 4.78 is 25.0. The van der Waals surface area contributed by atoms with Gasteiger partial charge in [0.05, 0.1) is 25.3 Å². The summed E-state index contributed by atoms with van der Waals surface area (Å²) in [5.41, 5.74) is 1.81. The molecule has 0 saturated carbocycles. The number of unbranched alkanes of at least 4 members (excludes halogenated alkanes) is 2. The summed E-state index contributed by atoms with van der Waals surface area (Å²) >= 11 is 0. The van der Waals surface area contributed by atoms with Gasteiger partial charge >= 0.3 is 0 Å². The third-order valence-electron chi connectivity index (χ3n) is 6.65. The van der Waals surface area contributed by atoms with Crippen molar-refractivity contribution in [3.63, 3.8) is 0 Å². The van der Waals surface area contributed by atoms with Crippen LogP contribution in [0.25, 0.3) is 5.76 Å². The summed E-state index contributed by atoms with van der Waals surface area (Å²) in [6.45, 7) is 2.93. The molecule has 1 aliphatic rings. The Labute approximate surface area is 222 Å². The molecule has 0 radical (unpaired) electrons. The minimum Gasteiger partial charge on any atom is -0.507 e. The van der Waals surface area contributed by atoms with Crippen LogP contribution in [0.2, 0.25) is 0 Å². The fraction of sp³-hybridized carbons (Fsp3) is 0.290. The van der Waals surface area contributed by atoms with E-state index >= 15 is 0 Å². The zero-order valence-corrected chi connectivity index (χ0v) is 21.7. The van der Waals surface area contributed by atoms with E-state index in [-0.39, 0.29) is 23.4 Å². The van der Waals surface area contributed by atoms with Crippen LogP contribution in [-0.2, 0) is 16.0 Å². The molecule has 1 fully saturated rings. The first kappa shape index (κ1) is 26.9. The number of likely N-dealkylation sites (tertiary alicyclic amines) is 1. The molecule has 1 N–H and O–H groups in total. The maximum absolute atomic E-state index is 13.5. The van der Waals surface area contributed by atoms with Gasteiger partial charge < -0.3 is 19.5 Å². The second-order valence-electron chi connectivity index (χ2n) is 9.20. The SMILES string of the molecule is CCCCCOc1ccc(C2/C(=C(\O)c3ccc(F)cc3)C(=O)C(=O)N2CCc2ccccc2)cc1OC. The molecule has 3 aromatic carbocycles. The molecular formula is C31H32FNO5. The second-order valence-corrected chi connectivity index (χ2v) is 9.20. The molecule has 38 heavy (non-hydrogen) atoms. The molecule has 1 unspecified atom stereocenters. The number of ketones is 1. The second kappa shape index (κ2) is 12.4. The van der Waals surface area contributed by atoms with Gasteiger partial charge in [0.15, 0.2) is 11.5 Å². The fourth-order valence-electron chi connectivity index (χ4n) is 4.62. The summed E-state index contributed by atoms with van der Waals surface area (Å²) in [5.74, 6) is -1.28. The van der Waals surface area contributed by atoms with E-state index in [1.165, 1.54) is 36.3 Å². The molecule has 1 saturated heterocycles. The van der Waals surface area contributed by atoms with Gasteiger partial charge in [-0.25, -0.2) is 4.39 Å². The topological polar surface area (TPSA) is 76.1 Å². The number of halogens is 1. The quantitative estimate of drug-likeness (QED) is 0.145. The first-order valence-corrected chi connectivity index (χ1v) is 12.8. The molecule has 0 spiro atoms. The molecule has 1 heterocycles. The predicted molar refractivity (Wildman–Crippen MR) is 144 cm³/mol. The van der Waals surface area contributed by atoms with E-state index in [4.69, 9.17) is 9.47 Å². The van der Waals surface area contributed by atoms with E-state index in [2.05, 4.69) is 6.92 Å². The molecule has 4 rings (SSSR count). The van der Waals surface area contributed by atoms with Crippen molar-refractivity contribution >= 4 is 17.4 Å². The van der Waals surface area contributed by atoms with Gasteiger partial charge in [-0.05, 0) is 60.4 Å². The van der Waals surface area contributed by atoms with E-state index in [9.17, 15) is 19.1 Å². The lowest BCUT2D eigenvalue weighted by molar-refractivity contribution is -0.139. The number of ether oxygens (including phenoxy) is 2. The number of carbonyl (C=O) groups is 2. The number of amides is 1. The Kier molecular flexibility index (Phi) is 8.79. The largest absolute Gasteiger partial charge is 0.507 e. The van der Waals surface area contributed by atoms with Gasteiger partial charge in [-0.1, -0.05) is 56.2 Å². The Balaban J connectivity index is 1.74.